The van der Waals surface area contributed by atoms with Crippen LogP contribution in [0.25, 0.3) is 10.2 Å². The van der Waals surface area contributed by atoms with Gasteiger partial charge in [-0.15, -0.1) is 0 Å². The van der Waals surface area contributed by atoms with Gasteiger partial charge in [-0.1, -0.05) is 32.1 Å². The average molecular weight is 380 g/mol. The van der Waals surface area contributed by atoms with Crippen LogP contribution in [0.15, 0.2) is 17.1 Å². The first-order valence-electron chi connectivity index (χ1n) is 8.21. The molecule has 1 aromatic heterocycles. The summed E-state index contributed by atoms with van der Waals surface area (Å²) < 4.78 is 18.2. The number of amides is 1. The highest BCUT2D eigenvalue weighted by molar-refractivity contribution is 7.16. The van der Waals surface area contributed by atoms with Crippen LogP contribution >= 0.6 is 11.3 Å². The molecule has 0 aliphatic heterocycles. The summed E-state index contributed by atoms with van der Waals surface area (Å²) in [5.74, 6) is 0.439. The highest BCUT2D eigenvalue weighted by Gasteiger charge is 2.22. The summed E-state index contributed by atoms with van der Waals surface area (Å²) in [4.78, 5) is 29.1. The molecule has 1 heterocycles. The molecule has 0 bridgehead atoms. The Hall–Kier alpha value is -2.35. The Balaban J connectivity index is 2.71. The lowest BCUT2D eigenvalue weighted by Gasteiger charge is -2.12. The fourth-order valence-corrected chi connectivity index (χ4v) is 3.26. The first-order chi connectivity index (χ1) is 12.2. The summed E-state index contributed by atoms with van der Waals surface area (Å²) in [7, 11) is 3.10. The van der Waals surface area contributed by atoms with E-state index >= 15 is 0 Å². The van der Waals surface area contributed by atoms with E-state index in [-0.39, 0.29) is 19.1 Å². The first-order valence-corrected chi connectivity index (χ1v) is 9.03. The fourth-order valence-electron chi connectivity index (χ4n) is 2.23. The molecule has 1 amide bonds. The zero-order valence-electron chi connectivity index (χ0n) is 15.9. The molecule has 1 aromatic carbocycles. The number of carbonyl (C=O) groups excluding carboxylic acids is 2. The third-order valence-corrected chi connectivity index (χ3v) is 4.66. The summed E-state index contributed by atoms with van der Waals surface area (Å²) in [5.41, 5.74) is 0.106. The number of aromatic nitrogens is 1. The quantitative estimate of drug-likeness (QED) is 0.745. The zero-order chi connectivity index (χ0) is 19.5. The van der Waals surface area contributed by atoms with Gasteiger partial charge in [0.15, 0.2) is 16.3 Å². The molecule has 0 aliphatic carbocycles. The Morgan fingerprint density at radius 2 is 1.77 bits per heavy atom. The Morgan fingerprint density at radius 3 is 2.31 bits per heavy atom. The van der Waals surface area contributed by atoms with Gasteiger partial charge >= 0.3 is 5.97 Å². The molecular formula is C18H24N2O5S. The number of hydrogen-bond donors (Lipinski definition) is 0. The van der Waals surface area contributed by atoms with E-state index in [1.54, 1.807) is 58.6 Å². The summed E-state index contributed by atoms with van der Waals surface area (Å²) in [6.07, 6.45) is 0. The molecule has 0 saturated heterocycles. The van der Waals surface area contributed by atoms with E-state index in [0.717, 1.165) is 10.2 Å². The number of esters is 1. The summed E-state index contributed by atoms with van der Waals surface area (Å²) in [6.45, 7) is 7.39. The Morgan fingerprint density at radius 1 is 1.15 bits per heavy atom. The molecule has 0 fully saturated rings. The van der Waals surface area contributed by atoms with Crippen LogP contribution in [0.5, 0.6) is 11.5 Å². The van der Waals surface area contributed by atoms with Crippen molar-refractivity contribution in [2.45, 2.75) is 34.2 Å². The lowest BCUT2D eigenvalue weighted by molar-refractivity contribution is -0.143. The molecule has 0 saturated carbocycles. The lowest BCUT2D eigenvalue weighted by Crippen LogP contribution is -2.26. The van der Waals surface area contributed by atoms with Crippen molar-refractivity contribution in [3.8, 4) is 11.5 Å². The van der Waals surface area contributed by atoms with Crippen LogP contribution in [0.2, 0.25) is 0 Å². The molecule has 0 aliphatic rings. The monoisotopic (exact) mass is 380 g/mol. The van der Waals surface area contributed by atoms with Gasteiger partial charge in [-0.3, -0.25) is 9.59 Å². The smallest absolute Gasteiger partial charge is 0.326 e. The van der Waals surface area contributed by atoms with Crippen molar-refractivity contribution in [2.24, 2.45) is 10.4 Å². The van der Waals surface area contributed by atoms with Crippen molar-refractivity contribution in [3.05, 3.63) is 16.9 Å². The number of carbonyl (C=O) groups is 2. The van der Waals surface area contributed by atoms with Crippen LogP contribution in [0, 0.1) is 5.41 Å². The molecule has 2 rings (SSSR count). The van der Waals surface area contributed by atoms with E-state index in [1.165, 1.54) is 11.3 Å². The van der Waals surface area contributed by atoms with E-state index < -0.39 is 11.4 Å². The number of thiazole rings is 1. The molecule has 7 nitrogen and oxygen atoms in total. The van der Waals surface area contributed by atoms with Crippen LogP contribution in [-0.2, 0) is 20.9 Å². The SMILES string of the molecule is CCOC(=O)Cn1c(=NC(=O)C(C)(C)C)sc2cc(OC)c(OC)cc21. The largest absolute Gasteiger partial charge is 0.493 e. The van der Waals surface area contributed by atoms with Crippen molar-refractivity contribution >= 4 is 33.4 Å². The van der Waals surface area contributed by atoms with Crippen molar-refractivity contribution in [1.29, 1.82) is 0 Å². The van der Waals surface area contributed by atoms with Gasteiger partial charge in [0.05, 0.1) is 31.0 Å². The second kappa shape index (κ2) is 7.90. The summed E-state index contributed by atoms with van der Waals surface area (Å²) in [6, 6.07) is 3.57. The first kappa shape index (κ1) is 20.0. The maximum absolute atomic E-state index is 12.4. The van der Waals surface area contributed by atoms with Gasteiger partial charge in [-0.2, -0.15) is 4.99 Å². The zero-order valence-corrected chi connectivity index (χ0v) is 16.7. The second-order valence-corrected chi connectivity index (χ2v) is 7.63. The molecular weight excluding hydrogens is 356 g/mol. The third kappa shape index (κ3) is 4.24. The van der Waals surface area contributed by atoms with Crippen LogP contribution in [-0.4, -0.2) is 37.3 Å². The highest BCUT2D eigenvalue weighted by Crippen LogP contribution is 2.33. The minimum Gasteiger partial charge on any atom is -0.493 e. The number of fused-ring (bicyclic) bond motifs is 1. The minimum absolute atomic E-state index is 0.0421. The maximum atomic E-state index is 12.4. The number of rotatable bonds is 5. The molecule has 0 unspecified atom stereocenters. The fraction of sp³-hybridized carbons (Fsp3) is 0.500. The van der Waals surface area contributed by atoms with Crippen molar-refractivity contribution < 1.29 is 23.8 Å². The van der Waals surface area contributed by atoms with Crippen LogP contribution in [0.4, 0.5) is 0 Å². The molecule has 142 valence electrons. The Labute approximate surface area is 156 Å². The van der Waals surface area contributed by atoms with Gasteiger partial charge in [0.25, 0.3) is 5.91 Å². The Bertz CT molecular complexity index is 889. The van der Waals surface area contributed by atoms with Crippen LogP contribution in [0.1, 0.15) is 27.7 Å². The number of ether oxygens (including phenoxy) is 3. The minimum atomic E-state index is -0.618. The van der Waals surface area contributed by atoms with Gasteiger partial charge < -0.3 is 18.8 Å². The van der Waals surface area contributed by atoms with Crippen molar-refractivity contribution in [3.63, 3.8) is 0 Å². The molecule has 0 spiro atoms. The molecule has 26 heavy (non-hydrogen) atoms. The van der Waals surface area contributed by atoms with Crippen LogP contribution < -0.4 is 14.3 Å². The van der Waals surface area contributed by atoms with Crippen LogP contribution in [0.3, 0.4) is 0 Å². The standard InChI is InChI=1S/C18H24N2O5S/c1-7-25-15(21)10-20-11-8-12(23-5)13(24-6)9-14(11)26-17(20)19-16(22)18(2,3)4/h8-9H,7,10H2,1-6H3. The number of hydrogen-bond acceptors (Lipinski definition) is 6. The van der Waals surface area contributed by atoms with E-state index in [2.05, 4.69) is 4.99 Å². The van der Waals surface area contributed by atoms with E-state index in [4.69, 9.17) is 14.2 Å². The maximum Gasteiger partial charge on any atom is 0.326 e. The second-order valence-electron chi connectivity index (χ2n) is 6.62. The van der Waals surface area contributed by atoms with Crippen molar-refractivity contribution in [2.75, 3.05) is 20.8 Å². The van der Waals surface area contributed by atoms with E-state index in [9.17, 15) is 9.59 Å². The summed E-state index contributed by atoms with van der Waals surface area (Å²) >= 11 is 1.31. The third-order valence-electron chi connectivity index (χ3n) is 3.62. The predicted octanol–water partition coefficient (Wildman–Crippen LogP) is 2.76. The van der Waals surface area contributed by atoms with Gasteiger partial charge in [0.2, 0.25) is 0 Å². The molecule has 8 heteroatoms. The van der Waals surface area contributed by atoms with E-state index in [0.29, 0.717) is 16.3 Å². The van der Waals surface area contributed by atoms with Gasteiger partial charge in [0, 0.05) is 17.5 Å². The number of nitrogens with zero attached hydrogens (tertiary/aromatic N) is 2. The number of benzene rings is 1. The lowest BCUT2D eigenvalue weighted by atomic mass is 9.96. The topological polar surface area (TPSA) is 79.1 Å². The van der Waals surface area contributed by atoms with Crippen molar-refractivity contribution in [1.82, 2.24) is 4.57 Å². The van der Waals surface area contributed by atoms with Gasteiger partial charge in [-0.25, -0.2) is 0 Å². The molecule has 2 aromatic rings. The Kier molecular flexibility index (Phi) is 6.07. The predicted molar refractivity (Wildman–Crippen MR) is 99.6 cm³/mol. The van der Waals surface area contributed by atoms with E-state index in [1.807, 2.05) is 0 Å². The molecule has 0 N–H and O–H groups in total. The molecule has 0 atom stereocenters. The average Bonchev–Trinajstić information content (AvgIpc) is 2.89. The summed E-state index contributed by atoms with van der Waals surface area (Å²) in [5, 5.41) is 0. The molecule has 0 radical (unpaired) electrons. The highest BCUT2D eigenvalue weighted by atomic mass is 32.1. The normalized spacial score (nSPS) is 12.3. The van der Waals surface area contributed by atoms with Gasteiger partial charge in [0.1, 0.15) is 6.54 Å². The van der Waals surface area contributed by atoms with Gasteiger partial charge in [-0.05, 0) is 6.92 Å². The number of methoxy groups -OCH3 is 2.